The van der Waals surface area contributed by atoms with Gasteiger partial charge >= 0.3 is 6.09 Å². The van der Waals surface area contributed by atoms with E-state index in [4.69, 9.17) is 4.74 Å². The monoisotopic (exact) mass is 313 g/mol. The number of nitrogens with one attached hydrogen (secondary N) is 1. The van der Waals surface area contributed by atoms with Crippen molar-refractivity contribution in [2.24, 2.45) is 0 Å². The lowest BCUT2D eigenvalue weighted by Crippen LogP contribution is -2.24. The summed E-state index contributed by atoms with van der Waals surface area (Å²) in [5.41, 5.74) is 0.858. The van der Waals surface area contributed by atoms with Gasteiger partial charge < -0.3 is 15.2 Å². The van der Waals surface area contributed by atoms with Crippen molar-refractivity contribution in [1.29, 1.82) is 0 Å². The van der Waals surface area contributed by atoms with Crippen LogP contribution in [0.25, 0.3) is 0 Å². The van der Waals surface area contributed by atoms with Crippen molar-refractivity contribution in [3.05, 3.63) is 65.5 Å². The largest absolute Gasteiger partial charge is 0.507 e. The highest BCUT2D eigenvalue weighted by atomic mass is 19.1. The molecule has 0 atom stereocenters. The summed E-state index contributed by atoms with van der Waals surface area (Å²) >= 11 is 0. The van der Waals surface area contributed by atoms with Crippen LogP contribution in [-0.2, 0) is 11.3 Å². The standard InChI is InChI=1S/C18H16FNO3/c19-16-10-6-11-17(21)15(16)9-4-5-12-20-18(22)23-13-14-7-2-1-3-8-14/h1-3,6-8,10-11,21H,5,12-13H2,(H,20,22). The number of aromatic hydroxyl groups is 1. The smallest absolute Gasteiger partial charge is 0.407 e. The molecule has 0 heterocycles. The van der Waals surface area contributed by atoms with Gasteiger partial charge in [0.2, 0.25) is 0 Å². The Labute approximate surface area is 133 Å². The van der Waals surface area contributed by atoms with Crippen molar-refractivity contribution in [1.82, 2.24) is 5.32 Å². The van der Waals surface area contributed by atoms with Gasteiger partial charge in [-0.3, -0.25) is 0 Å². The van der Waals surface area contributed by atoms with Crippen LogP contribution >= 0.6 is 0 Å². The zero-order valence-electron chi connectivity index (χ0n) is 12.4. The van der Waals surface area contributed by atoms with Crippen LogP contribution in [0, 0.1) is 17.7 Å². The number of amides is 1. The third-order valence-electron chi connectivity index (χ3n) is 2.94. The van der Waals surface area contributed by atoms with E-state index in [1.807, 2.05) is 30.3 Å². The molecule has 0 saturated carbocycles. The molecule has 1 amide bonds. The summed E-state index contributed by atoms with van der Waals surface area (Å²) in [5, 5.41) is 12.0. The molecule has 2 rings (SSSR count). The molecule has 0 aliphatic carbocycles. The van der Waals surface area contributed by atoms with Crippen LogP contribution in [0.15, 0.2) is 48.5 Å². The maximum Gasteiger partial charge on any atom is 0.407 e. The highest BCUT2D eigenvalue weighted by Crippen LogP contribution is 2.17. The fourth-order valence-corrected chi connectivity index (χ4v) is 1.79. The first-order chi connectivity index (χ1) is 11.2. The average molecular weight is 313 g/mol. The second kappa shape index (κ2) is 8.44. The first-order valence-corrected chi connectivity index (χ1v) is 7.07. The van der Waals surface area contributed by atoms with Gasteiger partial charge in [0.1, 0.15) is 23.7 Å². The topological polar surface area (TPSA) is 58.6 Å². The van der Waals surface area contributed by atoms with Gasteiger partial charge in [0.25, 0.3) is 0 Å². The van der Waals surface area contributed by atoms with E-state index in [-0.39, 0.29) is 24.5 Å². The molecule has 0 fully saturated rings. The quantitative estimate of drug-likeness (QED) is 0.673. The first-order valence-electron chi connectivity index (χ1n) is 7.07. The van der Waals surface area contributed by atoms with Crippen LogP contribution in [0.1, 0.15) is 17.5 Å². The molecule has 5 heteroatoms. The Hall–Kier alpha value is -3.00. The highest BCUT2D eigenvalue weighted by Gasteiger charge is 2.03. The van der Waals surface area contributed by atoms with Gasteiger partial charge in [-0.05, 0) is 17.7 Å². The Kier molecular flexibility index (Phi) is 6.01. The Morgan fingerprint density at radius 3 is 2.70 bits per heavy atom. The molecule has 0 unspecified atom stereocenters. The van der Waals surface area contributed by atoms with Gasteiger partial charge in [-0.25, -0.2) is 9.18 Å². The van der Waals surface area contributed by atoms with E-state index in [2.05, 4.69) is 17.2 Å². The molecule has 0 radical (unpaired) electrons. The molecule has 2 N–H and O–H groups in total. The van der Waals surface area contributed by atoms with Crippen LogP contribution < -0.4 is 5.32 Å². The lowest BCUT2D eigenvalue weighted by atomic mass is 10.2. The SMILES string of the molecule is O=C(NCCC#Cc1c(O)cccc1F)OCc1ccccc1. The number of hydrogen-bond donors (Lipinski definition) is 2. The van der Waals surface area contributed by atoms with Gasteiger partial charge in [0, 0.05) is 13.0 Å². The molecule has 2 aromatic carbocycles. The van der Waals surface area contributed by atoms with Crippen molar-refractivity contribution < 1.29 is 19.0 Å². The van der Waals surface area contributed by atoms with Crippen molar-refractivity contribution >= 4 is 6.09 Å². The summed E-state index contributed by atoms with van der Waals surface area (Å²) in [5.74, 6) is 4.46. The summed E-state index contributed by atoms with van der Waals surface area (Å²) in [6, 6.07) is 13.3. The summed E-state index contributed by atoms with van der Waals surface area (Å²) in [4.78, 5) is 11.5. The van der Waals surface area contributed by atoms with Crippen molar-refractivity contribution in [3.63, 3.8) is 0 Å². The number of phenols is 1. The Morgan fingerprint density at radius 1 is 1.17 bits per heavy atom. The number of halogens is 1. The molecule has 0 spiro atoms. The van der Waals surface area contributed by atoms with E-state index in [1.165, 1.54) is 18.2 Å². The normalized spacial score (nSPS) is 9.61. The molecular weight excluding hydrogens is 297 g/mol. The van der Waals surface area contributed by atoms with Crippen LogP contribution in [0.2, 0.25) is 0 Å². The summed E-state index contributed by atoms with van der Waals surface area (Å²) in [6.07, 6.45) is -0.224. The summed E-state index contributed by atoms with van der Waals surface area (Å²) in [7, 11) is 0. The van der Waals surface area contributed by atoms with Crippen molar-refractivity contribution in [2.45, 2.75) is 13.0 Å². The Balaban J connectivity index is 1.71. The zero-order valence-corrected chi connectivity index (χ0v) is 12.4. The minimum Gasteiger partial charge on any atom is -0.507 e. The molecule has 0 aliphatic heterocycles. The van der Waals surface area contributed by atoms with E-state index in [0.29, 0.717) is 6.42 Å². The van der Waals surface area contributed by atoms with E-state index in [9.17, 15) is 14.3 Å². The van der Waals surface area contributed by atoms with Gasteiger partial charge in [-0.2, -0.15) is 0 Å². The third-order valence-corrected chi connectivity index (χ3v) is 2.94. The number of rotatable bonds is 4. The highest BCUT2D eigenvalue weighted by molar-refractivity contribution is 5.67. The lowest BCUT2D eigenvalue weighted by Gasteiger charge is -2.05. The lowest BCUT2D eigenvalue weighted by molar-refractivity contribution is 0.140. The Morgan fingerprint density at radius 2 is 1.96 bits per heavy atom. The fourth-order valence-electron chi connectivity index (χ4n) is 1.79. The predicted octanol–water partition coefficient (Wildman–Crippen LogP) is 3.20. The minimum atomic E-state index is -0.576. The van der Waals surface area contributed by atoms with Crippen LogP contribution in [-0.4, -0.2) is 17.7 Å². The summed E-state index contributed by atoms with van der Waals surface area (Å²) in [6.45, 7) is 0.470. The number of carbonyl (C=O) groups excluding carboxylic acids is 1. The average Bonchev–Trinajstić information content (AvgIpc) is 2.56. The number of phenolic OH excluding ortho intramolecular Hbond substituents is 1. The van der Waals surface area contributed by atoms with E-state index in [1.54, 1.807) is 0 Å². The van der Waals surface area contributed by atoms with Crippen molar-refractivity contribution in [2.75, 3.05) is 6.54 Å². The van der Waals surface area contributed by atoms with E-state index < -0.39 is 11.9 Å². The number of alkyl carbamates (subject to hydrolysis) is 1. The maximum absolute atomic E-state index is 13.4. The number of carbonyl (C=O) groups is 1. The van der Waals surface area contributed by atoms with Gasteiger partial charge in [0.05, 0.1) is 0 Å². The fraction of sp³-hybridized carbons (Fsp3) is 0.167. The zero-order chi connectivity index (χ0) is 16.5. The molecule has 0 aliphatic rings. The second-order valence-electron chi connectivity index (χ2n) is 4.67. The van der Waals surface area contributed by atoms with Gasteiger partial charge in [0.15, 0.2) is 0 Å². The third kappa shape index (κ3) is 5.36. The number of benzene rings is 2. The molecule has 23 heavy (non-hydrogen) atoms. The van der Waals surface area contributed by atoms with Gasteiger partial charge in [-0.1, -0.05) is 48.2 Å². The molecule has 0 saturated heterocycles. The molecule has 0 aromatic heterocycles. The first kappa shape index (κ1) is 16.4. The molecular formula is C18H16FNO3. The molecule has 4 nitrogen and oxygen atoms in total. The predicted molar refractivity (Wildman–Crippen MR) is 84.2 cm³/mol. The van der Waals surface area contributed by atoms with Gasteiger partial charge in [-0.15, -0.1) is 0 Å². The number of ether oxygens (including phenoxy) is 1. The van der Waals surface area contributed by atoms with Crippen LogP contribution in [0.5, 0.6) is 5.75 Å². The van der Waals surface area contributed by atoms with Crippen molar-refractivity contribution in [3.8, 4) is 17.6 Å². The molecule has 118 valence electrons. The molecule has 0 bridgehead atoms. The van der Waals surface area contributed by atoms with E-state index in [0.717, 1.165) is 5.56 Å². The number of hydrogen-bond acceptors (Lipinski definition) is 3. The minimum absolute atomic E-state index is 0.0424. The summed E-state index contributed by atoms with van der Waals surface area (Å²) < 4.78 is 18.4. The molecule has 2 aromatic rings. The van der Waals surface area contributed by atoms with E-state index >= 15 is 0 Å². The maximum atomic E-state index is 13.4. The van der Waals surface area contributed by atoms with Crippen LogP contribution in [0.3, 0.4) is 0 Å². The van der Waals surface area contributed by atoms with Crippen LogP contribution in [0.4, 0.5) is 9.18 Å². The Bertz CT molecular complexity index is 700. The second-order valence-corrected chi connectivity index (χ2v) is 4.67.